The molecule has 2 heterocycles. The van der Waals surface area contributed by atoms with Crippen LogP contribution < -0.4 is 20.5 Å². The number of rotatable bonds is 6. The molecule has 0 spiro atoms. The van der Waals surface area contributed by atoms with Gasteiger partial charge in [-0.25, -0.2) is 0 Å². The van der Waals surface area contributed by atoms with E-state index < -0.39 is 5.91 Å². The van der Waals surface area contributed by atoms with E-state index in [0.29, 0.717) is 22.9 Å². The highest BCUT2D eigenvalue weighted by Crippen LogP contribution is 2.36. The van der Waals surface area contributed by atoms with Gasteiger partial charge < -0.3 is 20.5 Å². The number of nitrogens with one attached hydrogen (secondary N) is 1. The van der Waals surface area contributed by atoms with Crippen molar-refractivity contribution in [3.8, 4) is 11.5 Å². The number of hydrogen-bond donors (Lipinski definition) is 2. The van der Waals surface area contributed by atoms with Gasteiger partial charge in [-0.2, -0.15) is 0 Å². The molecular formula is C21H24N2O4S. The Morgan fingerprint density at radius 3 is 2.82 bits per heavy atom. The van der Waals surface area contributed by atoms with Crippen LogP contribution in [0.5, 0.6) is 11.5 Å². The molecule has 3 rings (SSSR count). The van der Waals surface area contributed by atoms with Crippen molar-refractivity contribution in [3.05, 3.63) is 45.3 Å². The van der Waals surface area contributed by atoms with E-state index in [4.69, 9.17) is 15.2 Å². The average Bonchev–Trinajstić information content (AvgIpc) is 3.11. The van der Waals surface area contributed by atoms with Gasteiger partial charge in [0.05, 0.1) is 12.2 Å². The number of benzene rings is 1. The van der Waals surface area contributed by atoms with Crippen molar-refractivity contribution in [1.82, 2.24) is 0 Å². The maximum Gasteiger partial charge on any atom is 0.251 e. The Morgan fingerprint density at radius 2 is 2.14 bits per heavy atom. The molecule has 1 unspecified atom stereocenters. The van der Waals surface area contributed by atoms with E-state index in [0.717, 1.165) is 33.7 Å². The summed E-state index contributed by atoms with van der Waals surface area (Å²) in [6.45, 7) is 8.16. The summed E-state index contributed by atoms with van der Waals surface area (Å²) in [6.07, 6.45) is 4.07. The van der Waals surface area contributed by atoms with Gasteiger partial charge in [0.2, 0.25) is 5.91 Å². The molecule has 0 fully saturated rings. The number of anilines is 1. The number of carbonyl (C=O) groups is 2. The zero-order valence-corrected chi connectivity index (χ0v) is 17.2. The summed E-state index contributed by atoms with van der Waals surface area (Å²) < 4.78 is 11.5. The van der Waals surface area contributed by atoms with Gasteiger partial charge in [0, 0.05) is 28.5 Å². The lowest BCUT2D eigenvalue weighted by Crippen LogP contribution is -2.16. The van der Waals surface area contributed by atoms with Crippen molar-refractivity contribution >= 4 is 34.2 Å². The molecule has 7 heteroatoms. The van der Waals surface area contributed by atoms with Crippen LogP contribution in [0.3, 0.4) is 0 Å². The number of ether oxygens (including phenoxy) is 2. The monoisotopic (exact) mass is 400 g/mol. The summed E-state index contributed by atoms with van der Waals surface area (Å²) in [5.41, 5.74) is 8.47. The first kappa shape index (κ1) is 19.9. The molecule has 1 aromatic heterocycles. The highest BCUT2D eigenvalue weighted by Gasteiger charge is 2.22. The van der Waals surface area contributed by atoms with Crippen LogP contribution in [0.2, 0.25) is 0 Å². The third-order valence-electron chi connectivity index (χ3n) is 4.61. The quantitative estimate of drug-likeness (QED) is 0.721. The molecule has 0 aliphatic carbocycles. The molecule has 3 N–H and O–H groups in total. The van der Waals surface area contributed by atoms with Crippen LogP contribution in [0.15, 0.2) is 18.2 Å². The average molecular weight is 401 g/mol. The predicted molar refractivity (Wildman–Crippen MR) is 111 cm³/mol. The minimum absolute atomic E-state index is 0.129. The summed E-state index contributed by atoms with van der Waals surface area (Å²) in [5, 5.41) is 3.22. The van der Waals surface area contributed by atoms with Crippen molar-refractivity contribution in [2.24, 2.45) is 5.73 Å². The third-order valence-corrected chi connectivity index (χ3v) is 5.73. The van der Waals surface area contributed by atoms with Crippen LogP contribution >= 0.6 is 11.3 Å². The molecule has 1 aromatic carbocycles. The standard InChI is InChI=1S/C21H24N2O4S/c1-5-26-16-10-15-8-11(2)27-17(15)9-14(16)6-7-18(24)23-21-19(20(22)25)12(3)13(4)28-21/h6-7,9-11H,5,8H2,1-4H3,(H2,22,25)(H,23,24)/b7-6+. The van der Waals surface area contributed by atoms with Gasteiger partial charge in [0.15, 0.2) is 0 Å². The van der Waals surface area contributed by atoms with Gasteiger partial charge in [0.25, 0.3) is 5.91 Å². The number of thiophene rings is 1. The normalized spacial score (nSPS) is 15.4. The highest BCUT2D eigenvalue weighted by atomic mass is 32.1. The van der Waals surface area contributed by atoms with Crippen LogP contribution in [-0.4, -0.2) is 24.5 Å². The van der Waals surface area contributed by atoms with Crippen LogP contribution in [-0.2, 0) is 11.2 Å². The minimum atomic E-state index is -0.551. The van der Waals surface area contributed by atoms with Crippen LogP contribution in [0.1, 0.15) is 45.8 Å². The van der Waals surface area contributed by atoms with Gasteiger partial charge >= 0.3 is 0 Å². The van der Waals surface area contributed by atoms with E-state index >= 15 is 0 Å². The van der Waals surface area contributed by atoms with Gasteiger partial charge in [0.1, 0.15) is 22.6 Å². The first-order valence-electron chi connectivity index (χ1n) is 9.15. The van der Waals surface area contributed by atoms with Crippen molar-refractivity contribution < 1.29 is 19.1 Å². The summed E-state index contributed by atoms with van der Waals surface area (Å²) >= 11 is 1.34. The molecule has 6 nitrogen and oxygen atoms in total. The molecule has 28 heavy (non-hydrogen) atoms. The molecule has 0 saturated carbocycles. The van der Waals surface area contributed by atoms with Crippen LogP contribution in [0, 0.1) is 13.8 Å². The fourth-order valence-corrected chi connectivity index (χ4v) is 4.27. The first-order valence-corrected chi connectivity index (χ1v) is 9.97. The smallest absolute Gasteiger partial charge is 0.251 e. The molecule has 2 amide bonds. The van der Waals surface area contributed by atoms with Gasteiger partial charge in [-0.05, 0) is 51.5 Å². The SMILES string of the molecule is CCOc1cc2c(cc1/C=C/C(=O)Nc1sc(C)c(C)c1C(N)=O)OC(C)C2. The lowest BCUT2D eigenvalue weighted by molar-refractivity contribution is -0.111. The maximum absolute atomic E-state index is 12.4. The van der Waals surface area contributed by atoms with Crippen LogP contribution in [0.4, 0.5) is 5.00 Å². The van der Waals surface area contributed by atoms with E-state index in [-0.39, 0.29) is 12.0 Å². The molecule has 2 aromatic rings. The van der Waals surface area contributed by atoms with Crippen molar-refractivity contribution in [3.63, 3.8) is 0 Å². The van der Waals surface area contributed by atoms with Gasteiger partial charge in [-0.3, -0.25) is 9.59 Å². The fraction of sp³-hybridized carbons (Fsp3) is 0.333. The lowest BCUT2D eigenvalue weighted by Gasteiger charge is -2.10. The second-order valence-electron chi connectivity index (χ2n) is 6.74. The highest BCUT2D eigenvalue weighted by molar-refractivity contribution is 7.16. The summed E-state index contributed by atoms with van der Waals surface area (Å²) in [5.74, 6) is 0.630. The fourth-order valence-electron chi connectivity index (χ4n) is 3.20. The molecule has 1 atom stereocenters. The zero-order chi connectivity index (χ0) is 20.4. The first-order chi connectivity index (χ1) is 13.3. The number of carbonyl (C=O) groups excluding carboxylic acids is 2. The molecule has 148 valence electrons. The summed E-state index contributed by atoms with van der Waals surface area (Å²) in [4.78, 5) is 25.1. The second kappa shape index (κ2) is 8.06. The van der Waals surface area contributed by atoms with Crippen molar-refractivity contribution in [2.75, 3.05) is 11.9 Å². The molecule has 0 bridgehead atoms. The van der Waals surface area contributed by atoms with Crippen molar-refractivity contribution in [1.29, 1.82) is 0 Å². The van der Waals surface area contributed by atoms with E-state index in [2.05, 4.69) is 5.32 Å². The molecular weight excluding hydrogens is 376 g/mol. The molecule has 0 saturated heterocycles. The Balaban J connectivity index is 1.82. The largest absolute Gasteiger partial charge is 0.493 e. The topological polar surface area (TPSA) is 90.6 Å². The van der Waals surface area contributed by atoms with E-state index in [1.54, 1.807) is 6.08 Å². The third kappa shape index (κ3) is 4.04. The lowest BCUT2D eigenvalue weighted by atomic mass is 10.1. The number of fused-ring (bicyclic) bond motifs is 1. The summed E-state index contributed by atoms with van der Waals surface area (Å²) in [7, 11) is 0. The number of primary amides is 1. The van der Waals surface area contributed by atoms with Gasteiger partial charge in [-0.15, -0.1) is 11.3 Å². The molecule has 1 aliphatic heterocycles. The molecule has 0 radical (unpaired) electrons. The second-order valence-corrected chi connectivity index (χ2v) is 7.96. The van der Waals surface area contributed by atoms with E-state index in [9.17, 15) is 9.59 Å². The maximum atomic E-state index is 12.4. The van der Waals surface area contributed by atoms with Gasteiger partial charge in [-0.1, -0.05) is 0 Å². The Hall–Kier alpha value is -2.80. The number of amides is 2. The predicted octanol–water partition coefficient (Wildman–Crippen LogP) is 3.84. The zero-order valence-electron chi connectivity index (χ0n) is 16.4. The minimum Gasteiger partial charge on any atom is -0.493 e. The Labute approximate surface area is 168 Å². The Bertz CT molecular complexity index is 962. The van der Waals surface area contributed by atoms with Crippen LogP contribution in [0.25, 0.3) is 6.08 Å². The number of nitrogens with two attached hydrogens (primary N) is 1. The Kier molecular flexibility index (Phi) is 5.74. The Morgan fingerprint density at radius 1 is 1.39 bits per heavy atom. The summed E-state index contributed by atoms with van der Waals surface area (Å²) in [6, 6.07) is 3.86. The van der Waals surface area contributed by atoms with Crippen molar-refractivity contribution in [2.45, 2.75) is 40.2 Å². The van der Waals surface area contributed by atoms with E-state index in [1.807, 2.05) is 39.8 Å². The number of hydrogen-bond acceptors (Lipinski definition) is 5. The van der Waals surface area contributed by atoms with E-state index in [1.165, 1.54) is 17.4 Å². The molecule has 1 aliphatic rings. The number of aryl methyl sites for hydroxylation is 1.